The molecule has 2 N–H and O–H groups in total. The van der Waals surface area contributed by atoms with E-state index in [9.17, 15) is 13.9 Å². The highest BCUT2D eigenvalue weighted by atomic mass is 19.3. The van der Waals surface area contributed by atoms with Gasteiger partial charge in [-0.25, -0.2) is 18.4 Å². The van der Waals surface area contributed by atoms with Gasteiger partial charge in [0.1, 0.15) is 5.75 Å². The van der Waals surface area contributed by atoms with Gasteiger partial charge >= 0.3 is 0 Å². The smallest absolute Gasteiger partial charge is 0.251 e. The first-order valence-electron chi connectivity index (χ1n) is 11.4. The highest BCUT2D eigenvalue weighted by Crippen LogP contribution is 2.34. The summed E-state index contributed by atoms with van der Waals surface area (Å²) in [6.45, 7) is 0.851. The third-order valence-electron chi connectivity index (χ3n) is 6.60. The van der Waals surface area contributed by atoms with Gasteiger partial charge in [0.2, 0.25) is 5.95 Å². The van der Waals surface area contributed by atoms with E-state index in [0.29, 0.717) is 36.9 Å². The fraction of sp³-hybridized carbons (Fsp3) is 0.522. The summed E-state index contributed by atoms with van der Waals surface area (Å²) in [5.41, 5.74) is 3.55. The van der Waals surface area contributed by atoms with Crippen LogP contribution in [0, 0.1) is 0 Å². The summed E-state index contributed by atoms with van der Waals surface area (Å²) in [6.07, 6.45) is 4.87. The largest absolute Gasteiger partial charge is 0.495 e. The van der Waals surface area contributed by atoms with Crippen LogP contribution in [0.1, 0.15) is 42.9 Å². The topological polar surface area (TPSA) is 88.3 Å². The number of methoxy groups -OCH3 is 1. The molecule has 0 amide bonds. The molecular formula is C23H28F2N6O2. The molecule has 2 aliphatic rings. The Hall–Kier alpha value is -2.85. The standard InChI is InChI=1S/C23H28F2N6O2/c1-33-20-9-14-6-7-30(13-21(24)25)12-15(14)8-19(20)28-23-26-10-16-11-27-31(22(16)29-23)17-2-4-18(32)5-3-17/h8-11,17-18,21,32H,2-7,12-13H2,1H3,(H,26,28,29). The summed E-state index contributed by atoms with van der Waals surface area (Å²) in [5.74, 6) is 1.08. The van der Waals surface area contributed by atoms with Gasteiger partial charge in [0.25, 0.3) is 6.43 Å². The molecule has 3 aromatic rings. The minimum Gasteiger partial charge on any atom is -0.495 e. The first-order chi connectivity index (χ1) is 16.0. The van der Waals surface area contributed by atoms with Crippen molar-refractivity contribution in [1.82, 2.24) is 24.6 Å². The van der Waals surface area contributed by atoms with Gasteiger partial charge in [-0.15, -0.1) is 0 Å². The molecule has 8 nitrogen and oxygen atoms in total. The van der Waals surface area contributed by atoms with Crippen molar-refractivity contribution in [3.8, 4) is 5.75 Å². The van der Waals surface area contributed by atoms with Gasteiger partial charge in [-0.2, -0.15) is 10.1 Å². The van der Waals surface area contributed by atoms with E-state index >= 15 is 0 Å². The lowest BCUT2D eigenvalue weighted by Gasteiger charge is -2.29. The minimum absolute atomic E-state index is 0.202. The Labute approximate surface area is 190 Å². The van der Waals surface area contributed by atoms with Crippen molar-refractivity contribution in [3.05, 3.63) is 35.7 Å². The third kappa shape index (κ3) is 4.63. The van der Waals surface area contributed by atoms with Gasteiger partial charge in [-0.1, -0.05) is 0 Å². The fourth-order valence-electron chi connectivity index (χ4n) is 4.85. The molecule has 1 saturated carbocycles. The van der Waals surface area contributed by atoms with E-state index in [1.165, 1.54) is 0 Å². The van der Waals surface area contributed by atoms with Gasteiger partial charge in [0.05, 0.1) is 43.1 Å². The molecule has 33 heavy (non-hydrogen) atoms. The minimum atomic E-state index is -2.35. The number of nitrogens with one attached hydrogen (secondary N) is 1. The van der Waals surface area contributed by atoms with Gasteiger partial charge < -0.3 is 15.2 Å². The van der Waals surface area contributed by atoms with Crippen molar-refractivity contribution in [2.24, 2.45) is 0 Å². The number of ether oxygens (including phenoxy) is 1. The van der Waals surface area contributed by atoms with Crippen molar-refractivity contribution in [3.63, 3.8) is 0 Å². The predicted octanol–water partition coefficient (Wildman–Crippen LogP) is 3.68. The van der Waals surface area contributed by atoms with Crippen LogP contribution in [0.2, 0.25) is 0 Å². The Bertz CT molecular complexity index is 1130. The van der Waals surface area contributed by atoms with Crippen molar-refractivity contribution in [2.75, 3.05) is 25.5 Å². The molecular weight excluding hydrogens is 430 g/mol. The number of aromatic nitrogens is 4. The van der Waals surface area contributed by atoms with Crippen LogP contribution in [0.25, 0.3) is 11.0 Å². The summed E-state index contributed by atoms with van der Waals surface area (Å²) < 4.78 is 33.2. The first-order valence-corrected chi connectivity index (χ1v) is 11.4. The number of rotatable bonds is 6. The van der Waals surface area contributed by atoms with Crippen LogP contribution >= 0.6 is 0 Å². The molecule has 0 spiro atoms. The lowest BCUT2D eigenvalue weighted by molar-refractivity contribution is 0.0820. The Morgan fingerprint density at radius 2 is 2.00 bits per heavy atom. The Balaban J connectivity index is 1.41. The van der Waals surface area contributed by atoms with Crippen molar-refractivity contribution < 1.29 is 18.6 Å². The SMILES string of the molecule is COc1cc2c(cc1Nc1ncc3cnn(C4CCC(O)CC4)c3n1)CN(CC(F)F)CC2. The molecule has 1 fully saturated rings. The molecule has 0 radical (unpaired) electrons. The number of halogens is 2. The zero-order valence-corrected chi connectivity index (χ0v) is 18.5. The highest BCUT2D eigenvalue weighted by molar-refractivity contribution is 5.76. The van der Waals surface area contributed by atoms with E-state index in [2.05, 4.69) is 15.4 Å². The highest BCUT2D eigenvalue weighted by Gasteiger charge is 2.24. The maximum Gasteiger partial charge on any atom is 0.251 e. The lowest BCUT2D eigenvalue weighted by Crippen LogP contribution is -2.34. The van der Waals surface area contributed by atoms with Crippen molar-refractivity contribution >= 4 is 22.7 Å². The molecule has 10 heteroatoms. The average molecular weight is 459 g/mol. The monoisotopic (exact) mass is 458 g/mol. The van der Waals surface area contributed by atoms with Crippen LogP contribution in [-0.4, -0.2) is 62.5 Å². The van der Waals surface area contributed by atoms with Crippen molar-refractivity contribution in [1.29, 1.82) is 0 Å². The van der Waals surface area contributed by atoms with Crippen LogP contribution in [0.5, 0.6) is 5.75 Å². The van der Waals surface area contributed by atoms with Crippen LogP contribution in [0.15, 0.2) is 24.5 Å². The molecule has 0 unspecified atom stereocenters. The number of nitrogens with zero attached hydrogens (tertiary/aromatic N) is 5. The van der Waals surface area contributed by atoms with Gasteiger partial charge in [0.15, 0.2) is 5.65 Å². The summed E-state index contributed by atoms with van der Waals surface area (Å²) >= 11 is 0. The molecule has 1 aliphatic carbocycles. The number of aliphatic hydroxyl groups is 1. The lowest BCUT2D eigenvalue weighted by atomic mass is 9.93. The number of benzene rings is 1. The van der Waals surface area contributed by atoms with Gasteiger partial charge in [0, 0.05) is 19.3 Å². The van der Waals surface area contributed by atoms with Crippen LogP contribution < -0.4 is 10.1 Å². The Kier molecular flexibility index (Phi) is 6.11. The van der Waals surface area contributed by atoms with E-state index in [0.717, 1.165) is 47.8 Å². The number of aliphatic hydroxyl groups excluding tert-OH is 1. The second-order valence-corrected chi connectivity index (χ2v) is 8.85. The molecule has 176 valence electrons. The molecule has 0 bridgehead atoms. The maximum absolute atomic E-state index is 12.9. The first kappa shape index (κ1) is 22.0. The third-order valence-corrected chi connectivity index (χ3v) is 6.60. The fourth-order valence-corrected chi connectivity index (χ4v) is 4.85. The zero-order chi connectivity index (χ0) is 22.9. The van der Waals surface area contributed by atoms with Crippen molar-refractivity contribution in [2.45, 2.75) is 57.2 Å². The molecule has 1 aliphatic heterocycles. The van der Waals surface area contributed by atoms with Crippen LogP contribution in [0.3, 0.4) is 0 Å². The molecule has 0 saturated heterocycles. The maximum atomic E-state index is 12.9. The van der Waals surface area contributed by atoms with Crippen LogP contribution in [0.4, 0.5) is 20.4 Å². The summed E-state index contributed by atoms with van der Waals surface area (Å²) in [6, 6.07) is 4.11. The molecule has 5 rings (SSSR count). The van der Waals surface area contributed by atoms with E-state index in [-0.39, 0.29) is 18.7 Å². The summed E-state index contributed by atoms with van der Waals surface area (Å²) in [5, 5.41) is 18.5. The van der Waals surface area contributed by atoms with E-state index in [1.807, 2.05) is 16.8 Å². The summed E-state index contributed by atoms with van der Waals surface area (Å²) in [7, 11) is 1.61. The molecule has 3 heterocycles. The molecule has 2 aromatic heterocycles. The summed E-state index contributed by atoms with van der Waals surface area (Å²) in [4.78, 5) is 10.9. The van der Waals surface area contributed by atoms with Gasteiger partial charge in [-0.05, 0) is 55.4 Å². The van der Waals surface area contributed by atoms with E-state index in [1.54, 1.807) is 24.4 Å². The number of alkyl halides is 2. The number of fused-ring (bicyclic) bond motifs is 2. The second-order valence-electron chi connectivity index (χ2n) is 8.85. The Morgan fingerprint density at radius 3 is 2.76 bits per heavy atom. The van der Waals surface area contributed by atoms with E-state index in [4.69, 9.17) is 9.72 Å². The number of anilines is 2. The number of hydrogen-bond acceptors (Lipinski definition) is 7. The quantitative estimate of drug-likeness (QED) is 0.583. The number of hydrogen-bond donors (Lipinski definition) is 2. The normalized spacial score (nSPS) is 21.4. The molecule has 0 atom stereocenters. The van der Waals surface area contributed by atoms with E-state index < -0.39 is 6.43 Å². The predicted molar refractivity (Wildman–Crippen MR) is 120 cm³/mol. The zero-order valence-electron chi connectivity index (χ0n) is 18.5. The Morgan fingerprint density at radius 1 is 1.18 bits per heavy atom. The average Bonchev–Trinajstić information content (AvgIpc) is 3.22. The van der Waals surface area contributed by atoms with Gasteiger partial charge in [-0.3, -0.25) is 4.90 Å². The molecule has 1 aromatic carbocycles. The van der Waals surface area contributed by atoms with Crippen LogP contribution in [-0.2, 0) is 13.0 Å². The second kappa shape index (κ2) is 9.18.